The maximum absolute atomic E-state index is 11.5. The number of aromatic nitrogens is 2. The first-order chi connectivity index (χ1) is 7.74. The smallest absolute Gasteiger partial charge is 0.338 e. The summed E-state index contributed by atoms with van der Waals surface area (Å²) in [5.74, 6) is 0.328. The zero-order valence-electron chi connectivity index (χ0n) is 8.93. The normalized spacial score (nSPS) is 20.8. The summed E-state index contributed by atoms with van der Waals surface area (Å²) in [7, 11) is 1.32. The van der Waals surface area contributed by atoms with Gasteiger partial charge in [-0.3, -0.25) is 0 Å². The van der Waals surface area contributed by atoms with Crippen LogP contribution in [0.5, 0.6) is 0 Å². The summed E-state index contributed by atoms with van der Waals surface area (Å²) in [5.41, 5.74) is 0. The second-order valence-electron chi connectivity index (χ2n) is 3.52. The maximum Gasteiger partial charge on any atom is 0.407 e. The largest absolute Gasteiger partial charge is 0.407 e. The summed E-state index contributed by atoms with van der Waals surface area (Å²) >= 11 is 3.26. The van der Waals surface area contributed by atoms with E-state index in [1.807, 2.05) is 0 Å². The summed E-state index contributed by atoms with van der Waals surface area (Å²) in [6.45, 7) is 0.702. The molecule has 1 saturated heterocycles. The molecule has 0 amide bonds. The monoisotopic (exact) mass is 290 g/mol. The van der Waals surface area contributed by atoms with Gasteiger partial charge in [0.25, 0.3) is 0 Å². The van der Waals surface area contributed by atoms with Crippen LogP contribution >= 0.6 is 15.9 Å². The molecule has 0 bridgehead atoms. The van der Waals surface area contributed by atoms with Crippen LogP contribution in [0.3, 0.4) is 0 Å². The van der Waals surface area contributed by atoms with E-state index in [4.69, 9.17) is 4.74 Å². The van der Waals surface area contributed by atoms with Crippen molar-refractivity contribution in [2.45, 2.75) is 25.5 Å². The van der Waals surface area contributed by atoms with Crippen molar-refractivity contribution in [3.8, 4) is 0 Å². The van der Waals surface area contributed by atoms with E-state index in [0.29, 0.717) is 21.8 Å². The number of halogens is 1. The van der Waals surface area contributed by atoms with Gasteiger partial charge in [0.05, 0.1) is 12.8 Å². The van der Waals surface area contributed by atoms with Gasteiger partial charge in [0.15, 0.2) is 4.92 Å². The van der Waals surface area contributed by atoms with Crippen molar-refractivity contribution in [3.05, 3.63) is 15.6 Å². The van der Waals surface area contributed by atoms with Crippen molar-refractivity contribution in [1.82, 2.24) is 9.78 Å². The molecule has 1 aliphatic rings. The van der Waals surface area contributed by atoms with Crippen LogP contribution in [0.15, 0.2) is 10.7 Å². The predicted molar refractivity (Wildman–Crippen MR) is 59.1 cm³/mol. The van der Waals surface area contributed by atoms with E-state index in [1.54, 1.807) is 10.9 Å². The summed E-state index contributed by atoms with van der Waals surface area (Å²) in [6.07, 6.45) is 4.38. The van der Waals surface area contributed by atoms with Gasteiger partial charge in [0, 0.05) is 6.42 Å². The lowest BCUT2D eigenvalue weighted by molar-refractivity contribution is -0.741. The molecule has 0 N–H and O–H groups in total. The van der Waals surface area contributed by atoms with Gasteiger partial charge in [-0.25, -0.2) is 0 Å². The molecule has 1 atom stereocenters. The lowest BCUT2D eigenvalue weighted by Crippen LogP contribution is -2.21. The van der Waals surface area contributed by atoms with Crippen molar-refractivity contribution >= 4 is 21.7 Å². The fourth-order valence-electron chi connectivity index (χ4n) is 1.72. The molecule has 1 fully saturated rings. The van der Waals surface area contributed by atoms with Gasteiger partial charge in [-0.15, -0.1) is 0 Å². The highest BCUT2D eigenvalue weighted by atomic mass is 79.9. The average Bonchev–Trinajstić information content (AvgIpc) is 2.71. The molecule has 0 saturated carbocycles. The third-order valence-corrected chi connectivity index (χ3v) is 3.05. The number of ether oxygens (including phenoxy) is 1. The Bertz CT molecular complexity index is 387. The highest BCUT2D eigenvalue weighted by Gasteiger charge is 2.32. The summed E-state index contributed by atoms with van der Waals surface area (Å²) in [5, 5.41) is 4.13. The van der Waals surface area contributed by atoms with Gasteiger partial charge in [0.1, 0.15) is 11.6 Å². The minimum absolute atomic E-state index is 0.179. The lowest BCUT2D eigenvalue weighted by Gasteiger charge is -2.18. The Kier molecular flexibility index (Phi) is 3.55. The molecule has 2 heterocycles. The summed E-state index contributed by atoms with van der Waals surface area (Å²) in [6, 6.07) is 0. The fraction of sp³-hybridized carbons (Fsp3) is 0.667. The number of rotatable bonds is 3. The van der Waals surface area contributed by atoms with Crippen LogP contribution < -0.4 is 0 Å². The molecule has 1 aromatic heterocycles. The number of hydrogen-bond donors (Lipinski definition) is 0. The Morgan fingerprint density at radius 1 is 1.69 bits per heavy atom. The Morgan fingerprint density at radius 3 is 3.12 bits per heavy atom. The Hall–Kier alpha value is -0.950. The van der Waals surface area contributed by atoms with Gasteiger partial charge >= 0.3 is 5.82 Å². The van der Waals surface area contributed by atoms with E-state index >= 15 is 0 Å². The first-order valence-electron chi connectivity index (χ1n) is 5.10. The van der Waals surface area contributed by atoms with Crippen LogP contribution in [0, 0.1) is 4.91 Å². The van der Waals surface area contributed by atoms with Gasteiger partial charge in [-0.2, -0.15) is 0 Å². The van der Waals surface area contributed by atoms with Crippen molar-refractivity contribution < 1.29 is 14.5 Å². The molecule has 1 unspecified atom stereocenters. The molecule has 0 radical (unpaired) electrons. The van der Waals surface area contributed by atoms with Gasteiger partial charge in [-0.05, 0) is 33.7 Å². The molecule has 1 aliphatic heterocycles. The second-order valence-corrected chi connectivity index (χ2v) is 4.38. The van der Waals surface area contributed by atoms with E-state index < -0.39 is 0 Å². The van der Waals surface area contributed by atoms with Crippen molar-refractivity contribution in [3.63, 3.8) is 0 Å². The summed E-state index contributed by atoms with van der Waals surface area (Å²) < 4.78 is 7.72. The molecule has 1 aromatic rings. The lowest BCUT2D eigenvalue weighted by atomic mass is 10.2. The zero-order chi connectivity index (χ0) is 11.5. The third kappa shape index (κ3) is 2.10. The van der Waals surface area contributed by atoms with Crippen LogP contribution in [0.4, 0.5) is 5.82 Å². The second kappa shape index (κ2) is 4.92. The topological polar surface area (TPSA) is 56.4 Å². The molecule has 6 nitrogen and oxygen atoms in total. The molecule has 0 spiro atoms. The average molecular weight is 291 g/mol. The number of hydrogen-bond acceptors (Lipinski definition) is 4. The van der Waals surface area contributed by atoms with E-state index in [2.05, 4.69) is 25.9 Å². The third-order valence-electron chi connectivity index (χ3n) is 2.49. The van der Waals surface area contributed by atoms with Gasteiger partial charge < -0.3 is 9.57 Å². The summed E-state index contributed by atoms with van der Waals surface area (Å²) in [4.78, 5) is 16.6. The highest BCUT2D eigenvalue weighted by molar-refractivity contribution is 9.10. The Labute approximate surface area is 101 Å². The van der Waals surface area contributed by atoms with Gasteiger partial charge in [0.2, 0.25) is 6.23 Å². The SMILES string of the molecule is CO[N+](=O)c1c(Br)cnn1C1CCCCO1. The maximum atomic E-state index is 11.5. The standard InChI is InChI=1S/C9H13BrN3O3/c1-15-13(14)9-7(10)6-11-12(9)8-4-2-3-5-16-8/h6,8H,2-5H2,1H3/q+1. The van der Waals surface area contributed by atoms with Crippen LogP contribution in [0.2, 0.25) is 0 Å². The number of nitrogens with zero attached hydrogens (tertiary/aromatic N) is 3. The van der Waals surface area contributed by atoms with E-state index in [1.165, 1.54) is 7.11 Å². The van der Waals surface area contributed by atoms with Crippen molar-refractivity contribution in [1.29, 1.82) is 0 Å². The quantitative estimate of drug-likeness (QED) is 0.802. The minimum atomic E-state index is -0.179. The molecule has 2 rings (SSSR count). The van der Waals surface area contributed by atoms with E-state index in [0.717, 1.165) is 19.3 Å². The fourth-order valence-corrected chi connectivity index (χ4v) is 2.14. The van der Waals surface area contributed by atoms with Crippen LogP contribution in [0.25, 0.3) is 0 Å². The molecule has 0 aliphatic carbocycles. The van der Waals surface area contributed by atoms with Gasteiger partial charge in [-0.1, -0.05) is 9.78 Å². The molecular formula is C9H13BrN3O3+. The molecule has 0 aromatic carbocycles. The first kappa shape index (κ1) is 11.5. The predicted octanol–water partition coefficient (Wildman–Crippen LogP) is 2.32. The van der Waals surface area contributed by atoms with E-state index in [9.17, 15) is 4.91 Å². The molecule has 16 heavy (non-hydrogen) atoms. The van der Waals surface area contributed by atoms with Crippen molar-refractivity contribution in [2.75, 3.05) is 13.7 Å². The molecular weight excluding hydrogens is 278 g/mol. The Balaban J connectivity index is 2.29. The first-order valence-corrected chi connectivity index (χ1v) is 5.89. The highest BCUT2D eigenvalue weighted by Crippen LogP contribution is 2.31. The van der Waals surface area contributed by atoms with E-state index in [-0.39, 0.29) is 6.23 Å². The van der Waals surface area contributed by atoms with Crippen LogP contribution in [-0.2, 0) is 9.57 Å². The minimum Gasteiger partial charge on any atom is -0.338 e. The zero-order valence-corrected chi connectivity index (χ0v) is 10.5. The van der Waals surface area contributed by atoms with Crippen LogP contribution in [0.1, 0.15) is 25.5 Å². The van der Waals surface area contributed by atoms with Crippen molar-refractivity contribution in [2.24, 2.45) is 0 Å². The molecule has 7 heteroatoms. The molecule has 88 valence electrons. The Morgan fingerprint density at radius 2 is 2.50 bits per heavy atom. The van der Waals surface area contributed by atoms with Crippen LogP contribution in [-0.4, -0.2) is 28.4 Å².